The molecule has 2 aromatic carbocycles. The number of aliphatic hydroxyl groups is 1. The molecule has 0 atom stereocenters. The molecule has 206 valence electrons. The molecule has 1 amide bonds. The van der Waals surface area contributed by atoms with Crippen molar-refractivity contribution in [3.8, 4) is 11.5 Å². The third kappa shape index (κ3) is 7.40. The van der Waals surface area contributed by atoms with Gasteiger partial charge in [-0.1, -0.05) is 17.7 Å². The van der Waals surface area contributed by atoms with E-state index in [2.05, 4.69) is 45.4 Å². The maximum atomic E-state index is 12.1. The van der Waals surface area contributed by atoms with E-state index in [0.717, 1.165) is 35.5 Å². The molecule has 9 nitrogen and oxygen atoms in total. The molecule has 0 bridgehead atoms. The first-order chi connectivity index (χ1) is 18.7. The minimum Gasteiger partial charge on any atom is -0.456 e. The molecule has 2 heterocycles. The van der Waals surface area contributed by atoms with Crippen LogP contribution in [0.2, 0.25) is 5.02 Å². The number of anilines is 3. The number of ether oxygens (including phenoxy) is 1. The van der Waals surface area contributed by atoms with Gasteiger partial charge in [0, 0.05) is 49.8 Å². The molecule has 0 aliphatic carbocycles. The third-order valence-electron chi connectivity index (χ3n) is 6.19. The highest BCUT2D eigenvalue weighted by atomic mass is 35.5. The van der Waals surface area contributed by atoms with E-state index in [1.165, 1.54) is 6.33 Å². The number of nitrogens with zero attached hydrogens (tertiary/aromatic N) is 4. The van der Waals surface area contributed by atoms with Crippen molar-refractivity contribution < 1.29 is 14.6 Å². The van der Waals surface area contributed by atoms with Crippen LogP contribution in [-0.4, -0.2) is 50.8 Å². The molecule has 39 heavy (non-hydrogen) atoms. The molecule has 4 rings (SSSR count). The average molecular weight is 551 g/mol. The highest BCUT2D eigenvalue weighted by Crippen LogP contribution is 2.34. The van der Waals surface area contributed by atoms with Crippen LogP contribution in [-0.2, 0) is 11.3 Å². The van der Waals surface area contributed by atoms with Crippen LogP contribution >= 0.6 is 11.6 Å². The Morgan fingerprint density at radius 3 is 2.64 bits per heavy atom. The van der Waals surface area contributed by atoms with Crippen molar-refractivity contribution in [2.45, 2.75) is 46.3 Å². The van der Waals surface area contributed by atoms with Gasteiger partial charge in [-0.3, -0.25) is 4.79 Å². The molecule has 0 aliphatic rings. The summed E-state index contributed by atoms with van der Waals surface area (Å²) in [6.45, 7) is 10.2. The summed E-state index contributed by atoms with van der Waals surface area (Å²) in [4.78, 5) is 23.1. The van der Waals surface area contributed by atoms with Crippen molar-refractivity contribution in [1.82, 2.24) is 19.9 Å². The zero-order valence-electron chi connectivity index (χ0n) is 22.7. The lowest BCUT2D eigenvalue weighted by Gasteiger charge is -2.21. The van der Waals surface area contributed by atoms with E-state index >= 15 is 0 Å². The minimum atomic E-state index is -1.05. The molecule has 3 N–H and O–H groups in total. The number of aromatic nitrogens is 3. The highest BCUT2D eigenvalue weighted by Gasteiger charge is 2.18. The normalized spacial score (nSPS) is 11.4. The minimum absolute atomic E-state index is 0.0389. The fourth-order valence-corrected chi connectivity index (χ4v) is 4.56. The van der Waals surface area contributed by atoms with Crippen LogP contribution in [0.5, 0.6) is 11.5 Å². The highest BCUT2D eigenvalue weighted by molar-refractivity contribution is 6.32. The topological polar surface area (TPSA) is 105 Å². The third-order valence-corrected chi connectivity index (χ3v) is 6.48. The van der Waals surface area contributed by atoms with Crippen molar-refractivity contribution in [2.75, 3.05) is 29.9 Å². The number of nitrogens with one attached hydrogen (secondary N) is 2. The average Bonchev–Trinajstić information content (AvgIpc) is 3.30. The second-order valence-corrected chi connectivity index (χ2v) is 10.3. The first-order valence-corrected chi connectivity index (χ1v) is 13.4. The molecule has 0 fully saturated rings. The van der Waals surface area contributed by atoms with Crippen molar-refractivity contribution in [2.24, 2.45) is 0 Å². The smallest absolute Gasteiger partial charge is 0.222 e. The molecular formula is C29H35ClN6O3. The second kappa shape index (κ2) is 12.4. The summed E-state index contributed by atoms with van der Waals surface area (Å²) in [5.41, 5.74) is 2.37. The summed E-state index contributed by atoms with van der Waals surface area (Å²) in [7, 11) is 0. The molecule has 0 spiro atoms. The summed E-state index contributed by atoms with van der Waals surface area (Å²) in [5, 5.41) is 16.5. The van der Waals surface area contributed by atoms with Gasteiger partial charge in [-0.25, -0.2) is 9.97 Å². The predicted molar refractivity (Wildman–Crippen MR) is 156 cm³/mol. The van der Waals surface area contributed by atoms with Gasteiger partial charge < -0.3 is 29.9 Å². The Kier molecular flexibility index (Phi) is 8.93. The van der Waals surface area contributed by atoms with Gasteiger partial charge in [-0.15, -0.1) is 0 Å². The number of carbonyl (C=O) groups excluding carboxylic acids is 1. The standard InChI is InChI=1S/C29H35ClN6O3/c1-5-35(6-2)21-8-7-9-22(17-21)39-25-11-10-20(16-23(25)30)34-28-27-24(32-19-33-28)12-14-36(27)15-13-31-26(37)18-29(3,4)38/h7-12,14,16-17,19,38H,5-6,13,15,18H2,1-4H3,(H,31,37)(H,32,33,34). The van der Waals surface area contributed by atoms with Crippen LogP contribution in [0.15, 0.2) is 61.1 Å². The molecule has 0 saturated carbocycles. The number of hydrogen-bond acceptors (Lipinski definition) is 7. The number of carbonyl (C=O) groups is 1. The summed E-state index contributed by atoms with van der Waals surface area (Å²) in [5.74, 6) is 1.68. The number of benzene rings is 2. The first-order valence-electron chi connectivity index (χ1n) is 13.0. The van der Waals surface area contributed by atoms with E-state index in [1.54, 1.807) is 19.9 Å². The van der Waals surface area contributed by atoms with Crippen LogP contribution in [0.25, 0.3) is 11.0 Å². The van der Waals surface area contributed by atoms with Gasteiger partial charge >= 0.3 is 0 Å². The van der Waals surface area contributed by atoms with Gasteiger partial charge in [0.25, 0.3) is 0 Å². The Hall–Kier alpha value is -3.82. The van der Waals surface area contributed by atoms with Crippen molar-refractivity contribution in [3.05, 3.63) is 66.1 Å². The Morgan fingerprint density at radius 1 is 1.13 bits per heavy atom. The Balaban J connectivity index is 1.47. The van der Waals surface area contributed by atoms with Crippen molar-refractivity contribution in [3.63, 3.8) is 0 Å². The first kappa shape index (κ1) is 28.2. The van der Waals surface area contributed by atoms with Gasteiger partial charge in [0.15, 0.2) is 5.82 Å². The fraction of sp³-hybridized carbons (Fsp3) is 0.345. The zero-order chi connectivity index (χ0) is 28.0. The van der Waals surface area contributed by atoms with E-state index in [0.29, 0.717) is 35.4 Å². The molecule has 10 heteroatoms. The maximum Gasteiger partial charge on any atom is 0.222 e. The van der Waals surface area contributed by atoms with Crippen LogP contribution in [0, 0.1) is 0 Å². The maximum absolute atomic E-state index is 12.1. The summed E-state index contributed by atoms with van der Waals surface area (Å²) in [6.07, 6.45) is 3.45. The van der Waals surface area contributed by atoms with Crippen LogP contribution in [0.1, 0.15) is 34.1 Å². The van der Waals surface area contributed by atoms with Gasteiger partial charge in [0.1, 0.15) is 23.3 Å². The van der Waals surface area contributed by atoms with Crippen LogP contribution in [0.4, 0.5) is 17.2 Å². The van der Waals surface area contributed by atoms with Crippen LogP contribution < -0.4 is 20.3 Å². The van der Waals surface area contributed by atoms with Gasteiger partial charge in [-0.05, 0) is 64.1 Å². The zero-order valence-corrected chi connectivity index (χ0v) is 23.5. The molecule has 0 saturated heterocycles. The molecule has 4 aromatic rings. The molecule has 2 aromatic heterocycles. The van der Waals surface area contributed by atoms with E-state index in [9.17, 15) is 9.90 Å². The van der Waals surface area contributed by atoms with E-state index in [1.807, 2.05) is 47.2 Å². The Labute approximate surface area is 233 Å². The van der Waals surface area contributed by atoms with E-state index in [-0.39, 0.29) is 12.3 Å². The second-order valence-electron chi connectivity index (χ2n) is 9.85. The summed E-state index contributed by atoms with van der Waals surface area (Å²) in [6, 6.07) is 15.4. The lowest BCUT2D eigenvalue weighted by molar-refractivity contribution is -0.124. The molecule has 0 unspecified atom stereocenters. The molecule has 0 radical (unpaired) electrons. The number of fused-ring (bicyclic) bond motifs is 1. The number of halogens is 1. The number of rotatable bonds is 12. The monoisotopic (exact) mass is 550 g/mol. The Bertz CT molecular complexity index is 1430. The molecular weight excluding hydrogens is 516 g/mol. The predicted octanol–water partition coefficient (Wildman–Crippen LogP) is 5.74. The lowest BCUT2D eigenvalue weighted by atomic mass is 10.1. The number of hydrogen-bond donors (Lipinski definition) is 3. The van der Waals surface area contributed by atoms with E-state index < -0.39 is 5.60 Å². The van der Waals surface area contributed by atoms with Crippen molar-refractivity contribution in [1.29, 1.82) is 0 Å². The molecule has 0 aliphatic heterocycles. The van der Waals surface area contributed by atoms with Crippen LogP contribution in [0.3, 0.4) is 0 Å². The SMILES string of the molecule is CCN(CC)c1cccc(Oc2ccc(Nc3ncnc4ccn(CCNC(=O)CC(C)(C)O)c34)cc2Cl)c1. The summed E-state index contributed by atoms with van der Waals surface area (Å²) < 4.78 is 8.07. The largest absolute Gasteiger partial charge is 0.456 e. The lowest BCUT2D eigenvalue weighted by Crippen LogP contribution is -2.33. The fourth-order valence-electron chi connectivity index (χ4n) is 4.34. The van der Waals surface area contributed by atoms with E-state index in [4.69, 9.17) is 16.3 Å². The number of amides is 1. The summed E-state index contributed by atoms with van der Waals surface area (Å²) >= 11 is 6.60. The van der Waals surface area contributed by atoms with Gasteiger partial charge in [-0.2, -0.15) is 0 Å². The van der Waals surface area contributed by atoms with Gasteiger partial charge in [0.2, 0.25) is 5.91 Å². The van der Waals surface area contributed by atoms with Crippen molar-refractivity contribution >= 4 is 45.7 Å². The quantitative estimate of drug-likeness (QED) is 0.206. The van der Waals surface area contributed by atoms with Gasteiger partial charge in [0.05, 0.1) is 22.6 Å². The Morgan fingerprint density at radius 2 is 1.92 bits per heavy atom.